The second kappa shape index (κ2) is 10.4. The van der Waals surface area contributed by atoms with Crippen LogP contribution in [-0.2, 0) is 22.5 Å². The highest BCUT2D eigenvalue weighted by atomic mass is 35.5. The van der Waals surface area contributed by atoms with Gasteiger partial charge in [0.1, 0.15) is 11.7 Å². The summed E-state index contributed by atoms with van der Waals surface area (Å²) < 4.78 is 4.91. The van der Waals surface area contributed by atoms with E-state index in [9.17, 15) is 14.4 Å². The number of carbonyl (C=O) groups is 3. The summed E-state index contributed by atoms with van der Waals surface area (Å²) in [7, 11) is 3.39. The number of rotatable bonds is 6. The second-order valence-electron chi connectivity index (χ2n) is 9.60. The first-order valence-corrected chi connectivity index (χ1v) is 13.3. The summed E-state index contributed by atoms with van der Waals surface area (Å²) in [6.45, 7) is 4.19. The third-order valence-corrected chi connectivity index (χ3v) is 8.33. The fourth-order valence-corrected chi connectivity index (χ4v) is 6.16. The molecule has 0 bridgehead atoms. The predicted molar refractivity (Wildman–Crippen MR) is 141 cm³/mol. The average Bonchev–Trinajstić information content (AvgIpc) is 3.59. The summed E-state index contributed by atoms with van der Waals surface area (Å²) in [4.78, 5) is 51.5. The van der Waals surface area contributed by atoms with E-state index < -0.39 is 18.1 Å². The van der Waals surface area contributed by atoms with Gasteiger partial charge in [0.2, 0.25) is 0 Å². The molecule has 12 heteroatoms. The maximum atomic E-state index is 13.2. The zero-order chi connectivity index (χ0) is 26.3. The Hall–Kier alpha value is -2.99. The molecule has 2 aliphatic heterocycles. The summed E-state index contributed by atoms with van der Waals surface area (Å²) >= 11 is 7.49. The third kappa shape index (κ3) is 5.35. The van der Waals surface area contributed by atoms with Crippen molar-refractivity contribution in [2.75, 3.05) is 33.8 Å². The van der Waals surface area contributed by atoms with E-state index >= 15 is 0 Å². The van der Waals surface area contributed by atoms with Crippen molar-refractivity contribution in [3.63, 3.8) is 0 Å². The van der Waals surface area contributed by atoms with Crippen molar-refractivity contribution in [1.82, 2.24) is 30.4 Å². The molecular weight excluding hydrogens is 516 g/mol. The van der Waals surface area contributed by atoms with Crippen LogP contribution in [0.15, 0.2) is 24.3 Å². The largest absolute Gasteiger partial charge is 0.468 e. The molecule has 5 rings (SSSR count). The van der Waals surface area contributed by atoms with Crippen LogP contribution in [-0.4, -0.2) is 89.5 Å². The Bertz CT molecular complexity index is 1360. The van der Waals surface area contributed by atoms with Crippen molar-refractivity contribution in [3.05, 3.63) is 50.6 Å². The molecule has 3 aromatic rings. The second-order valence-corrected chi connectivity index (χ2v) is 11.1. The van der Waals surface area contributed by atoms with Crippen LogP contribution in [0.25, 0.3) is 10.9 Å². The topological polar surface area (TPSA) is 120 Å². The Balaban J connectivity index is 1.33. The standard InChI is InChI=1S/C25H29ClN6O4S/c1-13(25(35)36-3)32-10-19(28-22(33)18-9-14-8-15(26)4-5-16(14)27-18)20(11-32)29-23(34)24-30-17-6-7-31(2)12-21(17)37-24/h4-5,8-9,13,19-20,27H,6-7,10-12H2,1-3H3,(H,28,33)(H,29,34)/t13?,19-,20-/m1/s1. The average molecular weight is 545 g/mol. The van der Waals surface area contributed by atoms with Crippen LogP contribution in [0.4, 0.5) is 0 Å². The van der Waals surface area contributed by atoms with Gasteiger partial charge in [-0.15, -0.1) is 11.3 Å². The Kier molecular flexibility index (Phi) is 7.21. The minimum atomic E-state index is -0.524. The fraction of sp³-hybridized carbons (Fsp3) is 0.440. The molecule has 3 N–H and O–H groups in total. The number of amides is 2. The molecule has 0 radical (unpaired) electrons. The number of likely N-dealkylation sites (N-methyl/N-ethyl adjacent to an activating group) is 1. The third-order valence-electron chi connectivity index (χ3n) is 7.01. The van der Waals surface area contributed by atoms with Crippen LogP contribution < -0.4 is 10.6 Å². The molecule has 196 valence electrons. The lowest BCUT2D eigenvalue weighted by Crippen LogP contribution is -2.51. The van der Waals surface area contributed by atoms with Gasteiger partial charge in [-0.05, 0) is 38.2 Å². The lowest BCUT2D eigenvalue weighted by Gasteiger charge is -2.21. The minimum Gasteiger partial charge on any atom is -0.468 e. The lowest BCUT2D eigenvalue weighted by molar-refractivity contribution is -0.145. The van der Waals surface area contributed by atoms with E-state index in [1.807, 2.05) is 18.0 Å². The van der Waals surface area contributed by atoms with E-state index in [0.29, 0.717) is 28.8 Å². The number of ether oxygens (including phenoxy) is 1. The number of carbonyl (C=O) groups excluding carboxylic acids is 3. The van der Waals surface area contributed by atoms with E-state index in [2.05, 4.69) is 25.5 Å². The maximum absolute atomic E-state index is 13.2. The first kappa shape index (κ1) is 25.7. The van der Waals surface area contributed by atoms with Gasteiger partial charge in [-0.2, -0.15) is 0 Å². The molecular formula is C25H29ClN6O4S. The first-order valence-electron chi connectivity index (χ1n) is 12.1. The number of benzene rings is 1. The monoisotopic (exact) mass is 544 g/mol. The SMILES string of the molecule is COC(=O)C(C)N1C[C@@H](NC(=O)c2cc3cc(Cl)ccc3[nH]2)[C@H](NC(=O)c2nc3c(s2)CN(C)CC3)C1. The number of aromatic amines is 1. The molecule has 1 aromatic carbocycles. The van der Waals surface area contributed by atoms with Gasteiger partial charge in [0.05, 0.1) is 24.9 Å². The van der Waals surface area contributed by atoms with Gasteiger partial charge in [0.25, 0.3) is 11.8 Å². The van der Waals surface area contributed by atoms with Crippen LogP contribution in [0, 0.1) is 0 Å². The molecule has 1 saturated heterocycles. The van der Waals surface area contributed by atoms with Crippen molar-refractivity contribution >= 4 is 51.6 Å². The normalized spacial score (nSPS) is 21.0. The number of fused-ring (bicyclic) bond motifs is 2. The number of aromatic nitrogens is 2. The van der Waals surface area contributed by atoms with E-state index in [0.717, 1.165) is 41.0 Å². The number of nitrogens with one attached hydrogen (secondary N) is 3. The molecule has 4 heterocycles. The molecule has 37 heavy (non-hydrogen) atoms. The maximum Gasteiger partial charge on any atom is 0.322 e. The summed E-state index contributed by atoms with van der Waals surface area (Å²) in [6, 6.07) is 5.72. The number of likely N-dealkylation sites (tertiary alicyclic amines) is 1. The van der Waals surface area contributed by atoms with E-state index in [1.165, 1.54) is 18.4 Å². The molecule has 3 atom stereocenters. The van der Waals surface area contributed by atoms with Gasteiger partial charge >= 0.3 is 5.97 Å². The number of hydrogen-bond donors (Lipinski definition) is 3. The van der Waals surface area contributed by atoms with Crippen molar-refractivity contribution in [3.8, 4) is 0 Å². The molecule has 2 aliphatic rings. The minimum absolute atomic E-state index is 0.279. The Morgan fingerprint density at radius 1 is 1.19 bits per heavy atom. The van der Waals surface area contributed by atoms with Gasteiger partial charge in [-0.1, -0.05) is 11.6 Å². The quantitative estimate of drug-likeness (QED) is 0.406. The van der Waals surface area contributed by atoms with E-state index in [1.54, 1.807) is 25.1 Å². The molecule has 0 aliphatic carbocycles. The number of methoxy groups -OCH3 is 1. The van der Waals surface area contributed by atoms with Crippen LogP contribution in [0.5, 0.6) is 0 Å². The zero-order valence-corrected chi connectivity index (χ0v) is 22.4. The Labute approximate surface area is 223 Å². The van der Waals surface area contributed by atoms with Gasteiger partial charge in [-0.25, -0.2) is 4.98 Å². The highest BCUT2D eigenvalue weighted by Gasteiger charge is 2.39. The summed E-state index contributed by atoms with van der Waals surface area (Å²) in [6.07, 6.45) is 0.817. The fourth-order valence-electron chi connectivity index (χ4n) is 4.89. The molecule has 1 unspecified atom stereocenters. The van der Waals surface area contributed by atoms with Gasteiger partial charge < -0.3 is 25.3 Å². The number of nitrogens with zero attached hydrogens (tertiary/aromatic N) is 3. The Morgan fingerprint density at radius 3 is 2.65 bits per heavy atom. The summed E-state index contributed by atoms with van der Waals surface area (Å²) in [5, 5.41) is 7.92. The van der Waals surface area contributed by atoms with Crippen molar-refractivity contribution in [2.24, 2.45) is 0 Å². The number of hydrogen-bond acceptors (Lipinski definition) is 8. The molecule has 1 fully saturated rings. The van der Waals surface area contributed by atoms with Crippen LogP contribution in [0.3, 0.4) is 0 Å². The Morgan fingerprint density at radius 2 is 1.92 bits per heavy atom. The highest BCUT2D eigenvalue weighted by Crippen LogP contribution is 2.25. The number of H-pyrrole nitrogens is 1. The number of halogens is 1. The number of thiazole rings is 1. The molecule has 2 amide bonds. The van der Waals surface area contributed by atoms with E-state index in [-0.39, 0.29) is 17.8 Å². The van der Waals surface area contributed by atoms with Crippen LogP contribution >= 0.6 is 22.9 Å². The smallest absolute Gasteiger partial charge is 0.322 e. The van der Waals surface area contributed by atoms with Crippen LogP contribution in [0.1, 0.15) is 37.8 Å². The highest BCUT2D eigenvalue weighted by molar-refractivity contribution is 7.13. The van der Waals surface area contributed by atoms with E-state index in [4.69, 9.17) is 16.3 Å². The lowest BCUT2D eigenvalue weighted by atomic mass is 10.1. The molecule has 0 saturated carbocycles. The van der Waals surface area contributed by atoms with Gasteiger partial charge in [0, 0.05) is 53.4 Å². The molecule has 0 spiro atoms. The van der Waals surface area contributed by atoms with Crippen molar-refractivity contribution in [1.29, 1.82) is 0 Å². The first-order chi connectivity index (χ1) is 17.7. The zero-order valence-electron chi connectivity index (χ0n) is 20.8. The van der Waals surface area contributed by atoms with Crippen molar-refractivity contribution in [2.45, 2.75) is 38.0 Å². The number of esters is 1. The van der Waals surface area contributed by atoms with Crippen LogP contribution in [0.2, 0.25) is 5.02 Å². The molecule has 2 aromatic heterocycles. The van der Waals surface area contributed by atoms with Crippen molar-refractivity contribution < 1.29 is 19.1 Å². The molecule has 10 nitrogen and oxygen atoms in total. The summed E-state index contributed by atoms with van der Waals surface area (Å²) in [5.74, 6) is -0.961. The predicted octanol–water partition coefficient (Wildman–Crippen LogP) is 2.04. The van der Waals surface area contributed by atoms with Gasteiger partial charge in [-0.3, -0.25) is 19.3 Å². The summed E-state index contributed by atoms with van der Waals surface area (Å²) in [5.41, 5.74) is 2.16. The van der Waals surface area contributed by atoms with Gasteiger partial charge in [0.15, 0.2) is 5.01 Å².